The molecule has 1 saturated carbocycles. The number of imidazole rings is 1. The maximum absolute atomic E-state index is 10.9. The smallest absolute Gasteiger partial charge is 0.150 e. The molecule has 0 saturated heterocycles. The number of benzene rings is 1. The van der Waals surface area contributed by atoms with Crippen LogP contribution in [-0.4, -0.2) is 15.8 Å². The summed E-state index contributed by atoms with van der Waals surface area (Å²) in [5.74, 6) is 1.94. The predicted molar refractivity (Wildman–Crippen MR) is 76.4 cm³/mol. The van der Waals surface area contributed by atoms with Gasteiger partial charge in [0.1, 0.15) is 12.1 Å². The van der Waals surface area contributed by atoms with Crippen molar-refractivity contribution in [3.63, 3.8) is 0 Å². The van der Waals surface area contributed by atoms with Crippen LogP contribution in [0.25, 0.3) is 11.0 Å². The Hall–Kier alpha value is -1.64. The third-order valence-electron chi connectivity index (χ3n) is 4.33. The number of hydrogen-bond acceptors (Lipinski definition) is 2. The van der Waals surface area contributed by atoms with E-state index in [9.17, 15) is 4.79 Å². The first-order chi connectivity index (χ1) is 9.28. The van der Waals surface area contributed by atoms with Crippen molar-refractivity contribution in [1.82, 2.24) is 9.55 Å². The normalized spacial score (nSPS) is 16.9. The lowest BCUT2D eigenvalue weighted by Crippen LogP contribution is -2.12. The SMILES string of the molecule is Cn1c(CC2CCCCC2)nc2ccc(C=O)cc21. The van der Waals surface area contributed by atoms with Gasteiger partial charge in [-0.1, -0.05) is 32.1 Å². The van der Waals surface area contributed by atoms with Crippen molar-refractivity contribution in [3.05, 3.63) is 29.6 Å². The molecule has 1 aliphatic rings. The summed E-state index contributed by atoms with van der Waals surface area (Å²) in [6.07, 6.45) is 8.76. The molecule has 0 radical (unpaired) electrons. The Morgan fingerprint density at radius 1 is 1.32 bits per heavy atom. The molecule has 3 nitrogen and oxygen atoms in total. The molecule has 100 valence electrons. The molecule has 0 unspecified atom stereocenters. The lowest BCUT2D eigenvalue weighted by Gasteiger charge is -2.20. The summed E-state index contributed by atoms with van der Waals surface area (Å²) in [6, 6.07) is 5.72. The summed E-state index contributed by atoms with van der Waals surface area (Å²) in [7, 11) is 2.06. The number of nitrogens with zero attached hydrogens (tertiary/aromatic N) is 2. The van der Waals surface area contributed by atoms with E-state index < -0.39 is 0 Å². The number of carbonyl (C=O) groups is 1. The molecule has 0 atom stereocenters. The minimum absolute atomic E-state index is 0.722. The summed E-state index contributed by atoms with van der Waals surface area (Å²) in [5, 5.41) is 0. The second-order valence-corrected chi connectivity index (χ2v) is 5.66. The monoisotopic (exact) mass is 256 g/mol. The van der Waals surface area contributed by atoms with Crippen molar-refractivity contribution in [1.29, 1.82) is 0 Å². The third-order valence-corrected chi connectivity index (χ3v) is 4.33. The van der Waals surface area contributed by atoms with E-state index in [1.165, 1.54) is 32.1 Å². The number of carbonyl (C=O) groups excluding carboxylic acids is 1. The topological polar surface area (TPSA) is 34.9 Å². The van der Waals surface area contributed by atoms with Gasteiger partial charge in [0.05, 0.1) is 11.0 Å². The summed E-state index contributed by atoms with van der Waals surface area (Å²) in [6.45, 7) is 0. The van der Waals surface area contributed by atoms with Crippen LogP contribution in [0.4, 0.5) is 0 Å². The highest BCUT2D eigenvalue weighted by atomic mass is 16.1. The molecule has 2 aromatic rings. The second-order valence-electron chi connectivity index (χ2n) is 5.66. The molecule has 0 N–H and O–H groups in total. The van der Waals surface area contributed by atoms with Crippen LogP contribution in [0.15, 0.2) is 18.2 Å². The average Bonchev–Trinajstić information content (AvgIpc) is 2.76. The Kier molecular flexibility index (Phi) is 3.36. The number of rotatable bonds is 3. The van der Waals surface area contributed by atoms with Gasteiger partial charge < -0.3 is 4.57 Å². The molecule has 0 aliphatic heterocycles. The van der Waals surface area contributed by atoms with Gasteiger partial charge in [-0.2, -0.15) is 0 Å². The van der Waals surface area contributed by atoms with Crippen molar-refractivity contribution < 1.29 is 4.79 Å². The third kappa shape index (κ3) is 2.42. The van der Waals surface area contributed by atoms with Crippen LogP contribution in [0, 0.1) is 5.92 Å². The zero-order valence-electron chi connectivity index (χ0n) is 11.4. The van der Waals surface area contributed by atoms with Gasteiger partial charge in [-0.05, 0) is 24.1 Å². The van der Waals surface area contributed by atoms with E-state index in [1.807, 2.05) is 18.2 Å². The van der Waals surface area contributed by atoms with Crippen LogP contribution in [0.2, 0.25) is 0 Å². The molecule has 1 heterocycles. The van der Waals surface area contributed by atoms with E-state index in [0.717, 1.165) is 41.0 Å². The van der Waals surface area contributed by atoms with Gasteiger partial charge in [-0.3, -0.25) is 4.79 Å². The van der Waals surface area contributed by atoms with Gasteiger partial charge in [0.2, 0.25) is 0 Å². The summed E-state index contributed by atoms with van der Waals surface area (Å²) < 4.78 is 2.15. The van der Waals surface area contributed by atoms with Gasteiger partial charge in [0.25, 0.3) is 0 Å². The number of aromatic nitrogens is 2. The second kappa shape index (κ2) is 5.16. The minimum Gasteiger partial charge on any atom is -0.331 e. The van der Waals surface area contributed by atoms with Crippen molar-refractivity contribution in [2.45, 2.75) is 38.5 Å². The van der Waals surface area contributed by atoms with Gasteiger partial charge in [0, 0.05) is 19.0 Å². The highest BCUT2D eigenvalue weighted by Gasteiger charge is 2.17. The minimum atomic E-state index is 0.722. The fourth-order valence-electron chi connectivity index (χ4n) is 3.16. The molecule has 0 bridgehead atoms. The summed E-state index contributed by atoms with van der Waals surface area (Å²) in [4.78, 5) is 15.6. The summed E-state index contributed by atoms with van der Waals surface area (Å²) in [5.41, 5.74) is 2.79. The van der Waals surface area contributed by atoms with E-state index in [4.69, 9.17) is 4.98 Å². The first kappa shape index (κ1) is 12.4. The van der Waals surface area contributed by atoms with E-state index in [-0.39, 0.29) is 0 Å². The van der Waals surface area contributed by atoms with Crippen LogP contribution in [0.1, 0.15) is 48.3 Å². The lowest BCUT2D eigenvalue weighted by atomic mass is 9.87. The molecule has 1 aromatic carbocycles. The number of hydrogen-bond donors (Lipinski definition) is 0. The van der Waals surface area contributed by atoms with Gasteiger partial charge in [-0.25, -0.2) is 4.98 Å². The average molecular weight is 256 g/mol. The van der Waals surface area contributed by atoms with Crippen LogP contribution < -0.4 is 0 Å². The number of aryl methyl sites for hydroxylation is 1. The Labute approximate surface area is 113 Å². The molecule has 19 heavy (non-hydrogen) atoms. The van der Waals surface area contributed by atoms with E-state index >= 15 is 0 Å². The molecular weight excluding hydrogens is 236 g/mol. The first-order valence-corrected chi connectivity index (χ1v) is 7.18. The van der Waals surface area contributed by atoms with E-state index in [0.29, 0.717) is 0 Å². The number of aldehydes is 1. The van der Waals surface area contributed by atoms with Crippen LogP contribution in [-0.2, 0) is 13.5 Å². The van der Waals surface area contributed by atoms with Gasteiger partial charge in [-0.15, -0.1) is 0 Å². The molecule has 3 heteroatoms. The highest BCUT2D eigenvalue weighted by Crippen LogP contribution is 2.27. The first-order valence-electron chi connectivity index (χ1n) is 7.18. The highest BCUT2D eigenvalue weighted by molar-refractivity contribution is 5.85. The fourth-order valence-corrected chi connectivity index (χ4v) is 3.16. The Balaban J connectivity index is 1.90. The molecule has 1 fully saturated rings. The predicted octanol–water partition coefficient (Wildman–Crippen LogP) is 3.51. The van der Waals surface area contributed by atoms with Crippen LogP contribution in [0.3, 0.4) is 0 Å². The van der Waals surface area contributed by atoms with Gasteiger partial charge >= 0.3 is 0 Å². The molecule has 0 spiro atoms. The quantitative estimate of drug-likeness (QED) is 0.788. The Morgan fingerprint density at radius 2 is 2.11 bits per heavy atom. The van der Waals surface area contributed by atoms with Gasteiger partial charge in [0.15, 0.2) is 0 Å². The Bertz CT molecular complexity index is 594. The number of fused-ring (bicyclic) bond motifs is 1. The van der Waals surface area contributed by atoms with Crippen molar-refractivity contribution in [3.8, 4) is 0 Å². The van der Waals surface area contributed by atoms with Crippen molar-refractivity contribution in [2.75, 3.05) is 0 Å². The summed E-state index contributed by atoms with van der Waals surface area (Å²) >= 11 is 0. The molecule has 0 amide bonds. The molecular formula is C16H20N2O. The fraction of sp³-hybridized carbons (Fsp3) is 0.500. The van der Waals surface area contributed by atoms with Crippen LogP contribution >= 0.6 is 0 Å². The standard InChI is InChI=1S/C16H20N2O/c1-18-15-9-13(11-19)7-8-14(15)17-16(18)10-12-5-3-2-4-6-12/h7-9,11-12H,2-6,10H2,1H3. The molecule has 1 aliphatic carbocycles. The van der Waals surface area contributed by atoms with E-state index in [1.54, 1.807) is 0 Å². The largest absolute Gasteiger partial charge is 0.331 e. The molecule has 3 rings (SSSR count). The zero-order chi connectivity index (χ0) is 13.2. The lowest BCUT2D eigenvalue weighted by molar-refractivity contribution is 0.112. The maximum Gasteiger partial charge on any atom is 0.150 e. The maximum atomic E-state index is 10.9. The van der Waals surface area contributed by atoms with Crippen molar-refractivity contribution in [2.24, 2.45) is 13.0 Å². The van der Waals surface area contributed by atoms with E-state index in [2.05, 4.69) is 11.6 Å². The van der Waals surface area contributed by atoms with Crippen LogP contribution in [0.5, 0.6) is 0 Å². The van der Waals surface area contributed by atoms with Crippen molar-refractivity contribution >= 4 is 17.3 Å². The zero-order valence-corrected chi connectivity index (χ0v) is 11.4. The Morgan fingerprint density at radius 3 is 2.84 bits per heavy atom. The molecule has 1 aromatic heterocycles.